The molecule has 2 atom stereocenters. The first kappa shape index (κ1) is 17.0. The maximum atomic E-state index is 12.2. The summed E-state index contributed by atoms with van der Waals surface area (Å²) >= 11 is 0. The number of aliphatic hydroxyl groups is 1. The van der Waals surface area contributed by atoms with Crippen LogP contribution in [0.5, 0.6) is 0 Å². The Morgan fingerprint density at radius 3 is 2.77 bits per heavy atom. The molecule has 1 aliphatic rings. The van der Waals surface area contributed by atoms with Gasteiger partial charge in [-0.05, 0) is 37.8 Å². The Bertz CT molecular complexity index is 462. The fraction of sp³-hybridized carbons (Fsp3) is 0.706. The lowest BCUT2D eigenvalue weighted by Crippen LogP contribution is -2.50. The molecular weight excluding hydrogens is 280 g/mol. The van der Waals surface area contributed by atoms with E-state index in [1.807, 2.05) is 11.8 Å². The molecule has 2 unspecified atom stereocenters. The SMILES string of the molecule is CCC(C)C(C)(O)CNC1CCN(C(=O)c2ccco2)CC1. The van der Waals surface area contributed by atoms with Crippen molar-refractivity contribution in [2.75, 3.05) is 19.6 Å². The second-order valence-electron chi connectivity index (χ2n) is 6.59. The van der Waals surface area contributed by atoms with E-state index >= 15 is 0 Å². The molecule has 2 heterocycles. The number of hydrogen-bond donors (Lipinski definition) is 2. The second kappa shape index (κ2) is 7.29. The van der Waals surface area contributed by atoms with Gasteiger partial charge in [0.2, 0.25) is 0 Å². The number of amides is 1. The van der Waals surface area contributed by atoms with Crippen molar-refractivity contribution < 1.29 is 14.3 Å². The van der Waals surface area contributed by atoms with Crippen LogP contribution < -0.4 is 5.32 Å². The molecule has 1 aromatic heterocycles. The van der Waals surface area contributed by atoms with E-state index in [0.29, 0.717) is 18.3 Å². The van der Waals surface area contributed by atoms with Crippen molar-refractivity contribution in [3.63, 3.8) is 0 Å². The van der Waals surface area contributed by atoms with Crippen LogP contribution in [-0.2, 0) is 0 Å². The third kappa shape index (κ3) is 4.11. The smallest absolute Gasteiger partial charge is 0.289 e. The Kier molecular flexibility index (Phi) is 5.64. The predicted octanol–water partition coefficient (Wildman–Crippen LogP) is 2.27. The second-order valence-corrected chi connectivity index (χ2v) is 6.59. The van der Waals surface area contributed by atoms with E-state index in [9.17, 15) is 9.90 Å². The van der Waals surface area contributed by atoms with Crippen LogP contribution in [0.4, 0.5) is 0 Å². The molecule has 0 aromatic carbocycles. The van der Waals surface area contributed by atoms with Gasteiger partial charge in [-0.15, -0.1) is 0 Å². The minimum atomic E-state index is -0.685. The van der Waals surface area contributed by atoms with Gasteiger partial charge in [-0.1, -0.05) is 20.3 Å². The summed E-state index contributed by atoms with van der Waals surface area (Å²) in [5.74, 6) is 0.641. The topological polar surface area (TPSA) is 65.7 Å². The maximum absolute atomic E-state index is 12.2. The molecule has 1 fully saturated rings. The number of carbonyl (C=O) groups is 1. The van der Waals surface area contributed by atoms with Crippen molar-refractivity contribution in [3.8, 4) is 0 Å². The minimum Gasteiger partial charge on any atom is -0.459 e. The zero-order valence-electron chi connectivity index (χ0n) is 13.8. The van der Waals surface area contributed by atoms with Gasteiger partial charge < -0.3 is 19.7 Å². The van der Waals surface area contributed by atoms with Gasteiger partial charge in [-0.2, -0.15) is 0 Å². The highest BCUT2D eigenvalue weighted by Gasteiger charge is 2.29. The molecule has 0 bridgehead atoms. The first-order valence-corrected chi connectivity index (χ1v) is 8.22. The summed E-state index contributed by atoms with van der Waals surface area (Å²) in [6, 6.07) is 3.80. The van der Waals surface area contributed by atoms with Crippen molar-refractivity contribution >= 4 is 5.91 Å². The Morgan fingerprint density at radius 1 is 1.55 bits per heavy atom. The number of rotatable bonds is 6. The predicted molar refractivity (Wildman–Crippen MR) is 85.7 cm³/mol. The number of furan rings is 1. The lowest BCUT2D eigenvalue weighted by molar-refractivity contribution is 0.00133. The normalized spacial score (nSPS) is 20.6. The van der Waals surface area contributed by atoms with Gasteiger partial charge in [0.05, 0.1) is 11.9 Å². The van der Waals surface area contributed by atoms with Crippen LogP contribution in [0.1, 0.15) is 50.6 Å². The van der Waals surface area contributed by atoms with Crippen molar-refractivity contribution in [1.29, 1.82) is 0 Å². The molecule has 0 aliphatic carbocycles. The summed E-state index contributed by atoms with van der Waals surface area (Å²) < 4.78 is 5.17. The average Bonchev–Trinajstić information content (AvgIpc) is 3.06. The van der Waals surface area contributed by atoms with Gasteiger partial charge >= 0.3 is 0 Å². The van der Waals surface area contributed by atoms with Crippen LogP contribution in [0.3, 0.4) is 0 Å². The molecule has 1 amide bonds. The summed E-state index contributed by atoms with van der Waals surface area (Å²) in [7, 11) is 0. The number of nitrogens with zero attached hydrogens (tertiary/aromatic N) is 1. The summed E-state index contributed by atoms with van der Waals surface area (Å²) in [6.07, 6.45) is 4.30. The van der Waals surface area contributed by atoms with E-state index in [2.05, 4.69) is 19.2 Å². The number of likely N-dealkylation sites (tertiary alicyclic amines) is 1. The number of hydrogen-bond acceptors (Lipinski definition) is 4. The quantitative estimate of drug-likeness (QED) is 0.846. The van der Waals surface area contributed by atoms with Crippen molar-refractivity contribution in [3.05, 3.63) is 24.2 Å². The van der Waals surface area contributed by atoms with Crippen LogP contribution in [0, 0.1) is 5.92 Å². The Hall–Kier alpha value is -1.33. The van der Waals surface area contributed by atoms with Gasteiger partial charge in [0, 0.05) is 25.7 Å². The summed E-state index contributed by atoms with van der Waals surface area (Å²) in [5, 5.41) is 13.9. The van der Waals surface area contributed by atoms with Crippen LogP contribution in [0.2, 0.25) is 0 Å². The zero-order chi connectivity index (χ0) is 16.2. The Morgan fingerprint density at radius 2 is 2.23 bits per heavy atom. The van der Waals surface area contributed by atoms with Crippen LogP contribution in [0.15, 0.2) is 22.8 Å². The van der Waals surface area contributed by atoms with Gasteiger partial charge in [0.25, 0.3) is 5.91 Å². The highest BCUT2D eigenvalue weighted by molar-refractivity contribution is 5.91. The number of nitrogens with one attached hydrogen (secondary N) is 1. The molecule has 0 saturated carbocycles. The lowest BCUT2D eigenvalue weighted by Gasteiger charge is -2.35. The summed E-state index contributed by atoms with van der Waals surface area (Å²) in [4.78, 5) is 14.0. The molecule has 1 aromatic rings. The monoisotopic (exact) mass is 308 g/mol. The molecule has 0 radical (unpaired) electrons. The van der Waals surface area contributed by atoms with Gasteiger partial charge in [0.15, 0.2) is 5.76 Å². The minimum absolute atomic E-state index is 0.0324. The average molecular weight is 308 g/mol. The van der Waals surface area contributed by atoms with Crippen molar-refractivity contribution in [1.82, 2.24) is 10.2 Å². The highest BCUT2D eigenvalue weighted by Crippen LogP contribution is 2.20. The number of carbonyl (C=O) groups excluding carboxylic acids is 1. The molecule has 124 valence electrons. The third-order valence-corrected chi connectivity index (χ3v) is 4.94. The first-order valence-electron chi connectivity index (χ1n) is 8.22. The first-order chi connectivity index (χ1) is 10.4. The van der Waals surface area contributed by atoms with Gasteiger partial charge in [-0.25, -0.2) is 0 Å². The third-order valence-electron chi connectivity index (χ3n) is 4.94. The summed E-state index contributed by atoms with van der Waals surface area (Å²) in [6.45, 7) is 8.11. The molecule has 2 rings (SSSR count). The fourth-order valence-electron chi connectivity index (χ4n) is 2.81. The van der Waals surface area contributed by atoms with E-state index in [1.54, 1.807) is 12.1 Å². The standard InChI is InChI=1S/C17H28N2O3/c1-4-13(2)17(3,21)12-18-14-7-9-19(10-8-14)16(20)15-6-5-11-22-15/h5-6,11,13-14,18,21H,4,7-10,12H2,1-3H3. The maximum Gasteiger partial charge on any atom is 0.289 e. The lowest BCUT2D eigenvalue weighted by atomic mass is 9.88. The molecule has 5 nitrogen and oxygen atoms in total. The molecule has 1 saturated heterocycles. The van der Waals surface area contributed by atoms with Gasteiger partial charge in [0.1, 0.15) is 0 Å². The number of piperidine rings is 1. The van der Waals surface area contributed by atoms with Gasteiger partial charge in [-0.3, -0.25) is 4.79 Å². The molecular formula is C17H28N2O3. The molecule has 22 heavy (non-hydrogen) atoms. The zero-order valence-corrected chi connectivity index (χ0v) is 13.8. The Labute approximate surface area is 132 Å². The van der Waals surface area contributed by atoms with E-state index in [0.717, 1.165) is 32.4 Å². The molecule has 2 N–H and O–H groups in total. The molecule has 0 spiro atoms. The van der Waals surface area contributed by atoms with Crippen molar-refractivity contribution in [2.24, 2.45) is 5.92 Å². The highest BCUT2D eigenvalue weighted by atomic mass is 16.3. The van der Waals surface area contributed by atoms with E-state index in [1.165, 1.54) is 6.26 Å². The van der Waals surface area contributed by atoms with E-state index in [-0.39, 0.29) is 11.8 Å². The van der Waals surface area contributed by atoms with E-state index in [4.69, 9.17) is 4.42 Å². The van der Waals surface area contributed by atoms with Crippen LogP contribution >= 0.6 is 0 Å². The molecule has 1 aliphatic heterocycles. The van der Waals surface area contributed by atoms with E-state index < -0.39 is 5.60 Å². The molecule has 5 heteroatoms. The Balaban J connectivity index is 1.77. The van der Waals surface area contributed by atoms with Crippen LogP contribution in [0.25, 0.3) is 0 Å². The van der Waals surface area contributed by atoms with Crippen molar-refractivity contribution in [2.45, 2.75) is 51.7 Å². The largest absolute Gasteiger partial charge is 0.459 e. The van der Waals surface area contributed by atoms with Crippen LogP contribution in [-0.4, -0.2) is 47.2 Å². The fourth-order valence-corrected chi connectivity index (χ4v) is 2.81. The summed E-state index contributed by atoms with van der Waals surface area (Å²) in [5.41, 5.74) is -0.685.